The predicted molar refractivity (Wildman–Crippen MR) is 118 cm³/mol. The molecule has 33 heavy (non-hydrogen) atoms. The van der Waals surface area contributed by atoms with Crippen LogP contribution in [0, 0.1) is 11.3 Å². The number of nitriles is 1. The van der Waals surface area contributed by atoms with E-state index in [1.807, 2.05) is 24.3 Å². The first-order valence-corrected chi connectivity index (χ1v) is 10.6. The first-order chi connectivity index (χ1) is 15.8. The van der Waals surface area contributed by atoms with Crippen molar-refractivity contribution in [2.24, 2.45) is 7.05 Å². The number of aryl methyl sites for hydroxylation is 1. The molecule has 0 radical (unpaired) electrons. The second-order valence-electron chi connectivity index (χ2n) is 7.89. The summed E-state index contributed by atoms with van der Waals surface area (Å²) in [6.07, 6.45) is -2.74. The molecular formula is C24H22F3N3O3. The number of hydrogen-bond donors (Lipinski definition) is 0. The van der Waals surface area contributed by atoms with Crippen molar-refractivity contribution in [3.05, 3.63) is 64.4 Å². The first-order valence-electron chi connectivity index (χ1n) is 10.6. The van der Waals surface area contributed by atoms with Crippen LogP contribution in [0.25, 0.3) is 10.9 Å². The number of rotatable bonds is 4. The van der Waals surface area contributed by atoms with Gasteiger partial charge in [0.25, 0.3) is 5.56 Å². The summed E-state index contributed by atoms with van der Waals surface area (Å²) in [5, 5.41) is 10.6. The number of benzene rings is 2. The second kappa shape index (κ2) is 9.06. The third kappa shape index (κ3) is 4.90. The van der Waals surface area contributed by atoms with Crippen LogP contribution in [0.1, 0.15) is 24.8 Å². The number of ether oxygens (including phenoxy) is 2. The third-order valence-corrected chi connectivity index (χ3v) is 5.74. The second-order valence-corrected chi connectivity index (χ2v) is 7.89. The smallest absolute Gasteiger partial charge is 0.490 e. The van der Waals surface area contributed by atoms with Crippen molar-refractivity contribution in [3.8, 4) is 17.6 Å². The predicted octanol–water partition coefficient (Wildman–Crippen LogP) is 4.75. The maximum atomic E-state index is 12.8. The monoisotopic (exact) mass is 457 g/mol. The molecule has 0 unspecified atom stereocenters. The van der Waals surface area contributed by atoms with E-state index in [0.29, 0.717) is 30.9 Å². The fourth-order valence-electron chi connectivity index (χ4n) is 4.23. The van der Waals surface area contributed by atoms with Gasteiger partial charge >= 0.3 is 6.36 Å². The van der Waals surface area contributed by atoms with E-state index in [4.69, 9.17) is 4.74 Å². The molecule has 1 fully saturated rings. The lowest BCUT2D eigenvalue weighted by Crippen LogP contribution is -2.30. The maximum absolute atomic E-state index is 12.8. The van der Waals surface area contributed by atoms with Gasteiger partial charge in [0.2, 0.25) is 0 Å². The fraction of sp³-hybridized carbons (Fsp3) is 0.333. The van der Waals surface area contributed by atoms with Gasteiger partial charge in [0.1, 0.15) is 29.2 Å². The molecule has 3 aromatic rings. The lowest BCUT2D eigenvalue weighted by atomic mass is 10.1. The Kier molecular flexibility index (Phi) is 6.18. The molecule has 172 valence electrons. The van der Waals surface area contributed by atoms with Gasteiger partial charge < -0.3 is 18.9 Å². The minimum absolute atomic E-state index is 0.121. The molecule has 9 heteroatoms. The lowest BCUT2D eigenvalue weighted by molar-refractivity contribution is -0.274. The SMILES string of the molecule is Cn1c(=O)c(C#N)c(N2CCC[C@@H](Oc3ccc(OC(F)(F)F)cc3)CC2)c2ccccc21. The maximum Gasteiger partial charge on any atom is 0.573 e. The van der Waals surface area contributed by atoms with Crippen molar-refractivity contribution in [1.29, 1.82) is 5.26 Å². The van der Waals surface area contributed by atoms with Crippen LogP contribution in [0.5, 0.6) is 11.5 Å². The van der Waals surface area contributed by atoms with Gasteiger partial charge in [-0.3, -0.25) is 4.79 Å². The number of hydrogen-bond acceptors (Lipinski definition) is 5. The average Bonchev–Trinajstić information content (AvgIpc) is 3.02. The van der Waals surface area contributed by atoms with Crippen molar-refractivity contribution in [2.45, 2.75) is 31.7 Å². The Morgan fingerprint density at radius 3 is 2.42 bits per heavy atom. The Morgan fingerprint density at radius 2 is 1.73 bits per heavy atom. The fourth-order valence-corrected chi connectivity index (χ4v) is 4.23. The van der Waals surface area contributed by atoms with Crippen LogP contribution in [0.4, 0.5) is 18.9 Å². The summed E-state index contributed by atoms with van der Waals surface area (Å²) in [4.78, 5) is 14.9. The zero-order chi connectivity index (χ0) is 23.6. The quantitative estimate of drug-likeness (QED) is 0.566. The molecule has 0 saturated carbocycles. The van der Waals surface area contributed by atoms with Gasteiger partial charge in [0, 0.05) is 31.9 Å². The molecule has 1 saturated heterocycles. The van der Waals surface area contributed by atoms with Gasteiger partial charge in [0.15, 0.2) is 0 Å². The topological polar surface area (TPSA) is 67.5 Å². The van der Waals surface area contributed by atoms with Gasteiger partial charge in [-0.1, -0.05) is 18.2 Å². The first kappa shape index (κ1) is 22.5. The number of nitrogens with zero attached hydrogens (tertiary/aromatic N) is 3. The van der Waals surface area contributed by atoms with Gasteiger partial charge in [0.05, 0.1) is 11.2 Å². The highest BCUT2D eigenvalue weighted by atomic mass is 19.4. The minimum Gasteiger partial charge on any atom is -0.490 e. The van der Waals surface area contributed by atoms with Crippen LogP contribution in [0.15, 0.2) is 53.3 Å². The highest BCUT2D eigenvalue weighted by molar-refractivity contribution is 5.94. The molecule has 4 rings (SSSR count). The molecule has 0 N–H and O–H groups in total. The van der Waals surface area contributed by atoms with Crippen LogP contribution < -0.4 is 19.9 Å². The van der Waals surface area contributed by atoms with Crippen LogP contribution in [0.3, 0.4) is 0 Å². The molecule has 2 heterocycles. The van der Waals surface area contributed by atoms with E-state index in [1.165, 1.54) is 28.8 Å². The lowest BCUT2D eigenvalue weighted by Gasteiger charge is -2.26. The Hall–Kier alpha value is -3.67. The van der Waals surface area contributed by atoms with E-state index >= 15 is 0 Å². The van der Waals surface area contributed by atoms with Crippen molar-refractivity contribution in [3.63, 3.8) is 0 Å². The van der Waals surface area contributed by atoms with E-state index in [0.717, 1.165) is 23.7 Å². The Bertz CT molecular complexity index is 1250. The summed E-state index contributed by atoms with van der Waals surface area (Å²) in [7, 11) is 1.66. The van der Waals surface area contributed by atoms with E-state index in [2.05, 4.69) is 15.7 Å². The Labute approximate surface area is 188 Å². The minimum atomic E-state index is -4.74. The average molecular weight is 457 g/mol. The van der Waals surface area contributed by atoms with Gasteiger partial charge in [-0.15, -0.1) is 13.2 Å². The number of pyridine rings is 1. The van der Waals surface area contributed by atoms with Gasteiger partial charge in [-0.25, -0.2) is 0 Å². The van der Waals surface area contributed by atoms with Gasteiger partial charge in [-0.05, 0) is 43.2 Å². The standard InChI is InChI=1S/C24H22F3N3O3/c1-29-21-7-3-2-6-19(21)22(20(15-28)23(29)31)30-13-4-5-16(12-14-30)32-17-8-10-18(11-9-17)33-24(25,26)27/h2-3,6-11,16H,4-5,12-14H2,1H3/t16-/m1/s1. The largest absolute Gasteiger partial charge is 0.573 e. The van der Waals surface area contributed by atoms with E-state index in [1.54, 1.807) is 7.05 Å². The zero-order valence-electron chi connectivity index (χ0n) is 17.9. The highest BCUT2D eigenvalue weighted by Gasteiger charge is 2.31. The van der Waals surface area contributed by atoms with Gasteiger partial charge in [-0.2, -0.15) is 5.26 Å². The summed E-state index contributed by atoms with van der Waals surface area (Å²) < 4.78 is 48.4. The number of para-hydroxylation sites is 1. The normalized spacial score (nSPS) is 16.8. The van der Waals surface area contributed by atoms with E-state index in [-0.39, 0.29) is 23.0 Å². The molecule has 1 aliphatic heterocycles. The summed E-state index contributed by atoms with van der Waals surface area (Å²) in [5.74, 6) is 0.156. The molecular weight excluding hydrogens is 435 g/mol. The molecule has 1 atom stereocenters. The summed E-state index contributed by atoms with van der Waals surface area (Å²) in [5.41, 5.74) is 1.19. The Morgan fingerprint density at radius 1 is 1.03 bits per heavy atom. The van der Waals surface area contributed by atoms with E-state index < -0.39 is 6.36 Å². The zero-order valence-corrected chi connectivity index (χ0v) is 17.9. The summed E-state index contributed by atoms with van der Waals surface area (Å²) in [6.45, 7) is 1.23. The number of halogens is 3. The highest BCUT2D eigenvalue weighted by Crippen LogP contribution is 2.31. The van der Waals surface area contributed by atoms with Crippen molar-refractivity contribution >= 4 is 16.6 Å². The van der Waals surface area contributed by atoms with Crippen molar-refractivity contribution in [2.75, 3.05) is 18.0 Å². The molecule has 0 spiro atoms. The van der Waals surface area contributed by atoms with Crippen LogP contribution >= 0.6 is 0 Å². The number of fused-ring (bicyclic) bond motifs is 1. The number of alkyl halides is 3. The Balaban J connectivity index is 1.53. The number of aromatic nitrogens is 1. The van der Waals surface area contributed by atoms with Crippen LogP contribution in [-0.4, -0.2) is 30.1 Å². The molecule has 1 aromatic heterocycles. The van der Waals surface area contributed by atoms with Crippen LogP contribution in [-0.2, 0) is 7.05 Å². The molecule has 0 amide bonds. The van der Waals surface area contributed by atoms with Crippen LogP contribution in [0.2, 0.25) is 0 Å². The third-order valence-electron chi connectivity index (χ3n) is 5.74. The molecule has 6 nitrogen and oxygen atoms in total. The molecule has 1 aliphatic rings. The molecule has 0 bridgehead atoms. The molecule has 2 aromatic carbocycles. The number of anilines is 1. The summed E-state index contributed by atoms with van der Waals surface area (Å²) >= 11 is 0. The molecule has 0 aliphatic carbocycles. The van der Waals surface area contributed by atoms with Crippen molar-refractivity contribution < 1.29 is 22.6 Å². The summed E-state index contributed by atoms with van der Waals surface area (Å²) in [6, 6.07) is 14.9. The van der Waals surface area contributed by atoms with E-state index in [9.17, 15) is 23.2 Å². The van der Waals surface area contributed by atoms with Crippen molar-refractivity contribution in [1.82, 2.24) is 4.57 Å².